The standard InChI is InChI=1S/C26H23N3S/c1-3-10-20(11-4-1)18-29-25(22-13-5-2-6-14-22)19-30-26(29)28-27-24-17-9-15-21-12-7-8-16-23(21)24/h1-8,10-14,16,19H,9,15,17-18H2/p+1/b27-24+. The van der Waals surface area contributed by atoms with E-state index in [2.05, 4.69) is 100 Å². The topological polar surface area (TPSA) is 28.3 Å². The van der Waals surface area contributed by atoms with Crippen LogP contribution in [0.5, 0.6) is 0 Å². The number of hydrogen-bond donors (Lipinski definition) is 1. The molecular weight excluding hydrogens is 386 g/mol. The van der Waals surface area contributed by atoms with Crippen LogP contribution in [0.25, 0.3) is 11.3 Å². The first-order valence-electron chi connectivity index (χ1n) is 10.4. The number of hydrogen-bond acceptors (Lipinski definition) is 3. The zero-order valence-electron chi connectivity index (χ0n) is 16.8. The summed E-state index contributed by atoms with van der Waals surface area (Å²) in [7, 11) is 0. The van der Waals surface area contributed by atoms with Gasteiger partial charge in [0.05, 0.1) is 5.71 Å². The summed E-state index contributed by atoms with van der Waals surface area (Å²) in [6, 6.07) is 29.8. The molecule has 0 unspecified atom stereocenters. The van der Waals surface area contributed by atoms with Gasteiger partial charge >= 0.3 is 5.13 Å². The molecule has 1 N–H and O–H groups in total. The molecule has 3 nitrogen and oxygen atoms in total. The lowest BCUT2D eigenvalue weighted by atomic mass is 9.90. The summed E-state index contributed by atoms with van der Waals surface area (Å²) < 4.78 is 2.33. The Bertz CT molecular complexity index is 1160. The number of benzene rings is 3. The highest BCUT2D eigenvalue weighted by Crippen LogP contribution is 2.25. The van der Waals surface area contributed by atoms with Crippen LogP contribution >= 0.6 is 11.3 Å². The monoisotopic (exact) mass is 410 g/mol. The highest BCUT2D eigenvalue weighted by atomic mass is 32.1. The second kappa shape index (κ2) is 8.64. The van der Waals surface area contributed by atoms with E-state index in [1.165, 1.54) is 27.9 Å². The van der Waals surface area contributed by atoms with Gasteiger partial charge in [-0.3, -0.25) is 0 Å². The Morgan fingerprint density at radius 3 is 2.40 bits per heavy atom. The van der Waals surface area contributed by atoms with Gasteiger partial charge in [-0.25, -0.2) is 4.57 Å². The van der Waals surface area contributed by atoms with Crippen LogP contribution in [0.2, 0.25) is 0 Å². The normalized spacial score (nSPS) is 14.5. The molecule has 0 atom stereocenters. The van der Waals surface area contributed by atoms with Gasteiger partial charge in [0.25, 0.3) is 0 Å². The van der Waals surface area contributed by atoms with Crippen LogP contribution in [-0.2, 0) is 13.0 Å². The third-order valence-corrected chi connectivity index (χ3v) is 6.42. The van der Waals surface area contributed by atoms with Gasteiger partial charge < -0.3 is 0 Å². The second-order valence-corrected chi connectivity index (χ2v) is 8.40. The average molecular weight is 411 g/mol. The number of aryl methyl sites for hydroxylation is 1. The molecule has 30 heavy (non-hydrogen) atoms. The number of fused-ring (bicyclic) bond motifs is 1. The maximum atomic E-state index is 4.86. The minimum atomic E-state index is 0.804. The molecule has 0 saturated heterocycles. The van der Waals surface area contributed by atoms with Gasteiger partial charge in [-0.15, -0.1) is 5.43 Å². The summed E-state index contributed by atoms with van der Waals surface area (Å²) in [6.07, 6.45) is 3.31. The first kappa shape index (κ1) is 18.8. The Kier molecular flexibility index (Phi) is 5.40. The van der Waals surface area contributed by atoms with E-state index in [0.29, 0.717) is 0 Å². The smallest absolute Gasteiger partial charge is 0.211 e. The molecule has 1 aliphatic carbocycles. The summed E-state index contributed by atoms with van der Waals surface area (Å²) in [4.78, 5) is 0. The second-order valence-electron chi connectivity index (χ2n) is 7.54. The molecular formula is C26H24N3S+. The summed E-state index contributed by atoms with van der Waals surface area (Å²) in [6.45, 7) is 0.804. The van der Waals surface area contributed by atoms with Crippen LogP contribution in [0, 0.1) is 0 Å². The largest absolute Gasteiger partial charge is 0.359 e. The van der Waals surface area contributed by atoms with Gasteiger partial charge in [0.15, 0.2) is 0 Å². The number of anilines is 1. The molecule has 148 valence electrons. The number of aromatic nitrogens is 1. The van der Waals surface area contributed by atoms with Crippen molar-refractivity contribution >= 4 is 22.2 Å². The Morgan fingerprint density at radius 1 is 0.833 bits per heavy atom. The Morgan fingerprint density at radius 2 is 1.57 bits per heavy atom. The molecule has 0 spiro atoms. The van der Waals surface area contributed by atoms with E-state index in [1.54, 1.807) is 11.3 Å². The summed E-state index contributed by atoms with van der Waals surface area (Å²) in [5, 5.41) is 8.13. The quantitative estimate of drug-likeness (QED) is 0.322. The van der Waals surface area contributed by atoms with Crippen molar-refractivity contribution in [2.75, 3.05) is 5.43 Å². The fraction of sp³-hybridized carbons (Fsp3) is 0.154. The minimum absolute atomic E-state index is 0.804. The van der Waals surface area contributed by atoms with Crippen molar-refractivity contribution in [3.8, 4) is 11.3 Å². The first-order chi connectivity index (χ1) is 14.9. The molecule has 0 fully saturated rings. The minimum Gasteiger partial charge on any atom is -0.211 e. The summed E-state index contributed by atoms with van der Waals surface area (Å²) in [5.74, 6) is 0. The molecule has 0 aliphatic heterocycles. The van der Waals surface area contributed by atoms with E-state index in [0.717, 1.165) is 36.7 Å². The van der Waals surface area contributed by atoms with Gasteiger partial charge in [-0.2, -0.15) is 0 Å². The van der Waals surface area contributed by atoms with E-state index in [1.807, 2.05) is 0 Å². The van der Waals surface area contributed by atoms with Crippen molar-refractivity contribution in [1.82, 2.24) is 0 Å². The highest BCUT2D eigenvalue weighted by molar-refractivity contribution is 7.13. The van der Waals surface area contributed by atoms with Gasteiger partial charge in [0.2, 0.25) is 0 Å². The molecule has 1 heterocycles. The summed E-state index contributed by atoms with van der Waals surface area (Å²) in [5.41, 5.74) is 10.9. The van der Waals surface area contributed by atoms with Crippen LogP contribution in [0.3, 0.4) is 0 Å². The van der Waals surface area contributed by atoms with Gasteiger partial charge in [-0.05, 0) is 30.4 Å². The molecule has 1 aromatic heterocycles. The average Bonchev–Trinajstić information content (AvgIpc) is 3.21. The van der Waals surface area contributed by atoms with Crippen molar-refractivity contribution < 1.29 is 4.57 Å². The maximum absolute atomic E-state index is 4.86. The molecule has 0 bridgehead atoms. The van der Waals surface area contributed by atoms with Crippen molar-refractivity contribution in [3.63, 3.8) is 0 Å². The van der Waals surface area contributed by atoms with Crippen molar-refractivity contribution in [2.45, 2.75) is 25.8 Å². The third kappa shape index (κ3) is 3.91. The van der Waals surface area contributed by atoms with Crippen molar-refractivity contribution in [1.29, 1.82) is 0 Å². The van der Waals surface area contributed by atoms with Crippen LogP contribution in [0.15, 0.2) is 95.4 Å². The highest BCUT2D eigenvalue weighted by Gasteiger charge is 2.21. The number of nitrogens with zero attached hydrogens (tertiary/aromatic N) is 2. The van der Waals surface area contributed by atoms with Gasteiger partial charge in [0, 0.05) is 16.5 Å². The van der Waals surface area contributed by atoms with Crippen LogP contribution < -0.4 is 9.99 Å². The molecule has 1 aliphatic rings. The lowest BCUT2D eigenvalue weighted by molar-refractivity contribution is -0.659. The maximum Gasteiger partial charge on any atom is 0.359 e. The lowest BCUT2D eigenvalue weighted by Gasteiger charge is -2.16. The molecule has 4 aromatic rings. The summed E-state index contributed by atoms with van der Waals surface area (Å²) >= 11 is 1.70. The van der Waals surface area contributed by atoms with E-state index in [-0.39, 0.29) is 0 Å². The lowest BCUT2D eigenvalue weighted by Crippen LogP contribution is -2.37. The molecule has 5 rings (SSSR count). The molecule has 0 amide bonds. The van der Waals surface area contributed by atoms with E-state index >= 15 is 0 Å². The predicted molar refractivity (Wildman–Crippen MR) is 125 cm³/mol. The van der Waals surface area contributed by atoms with Gasteiger partial charge in [0.1, 0.15) is 12.2 Å². The zero-order chi connectivity index (χ0) is 20.2. The Balaban J connectivity index is 1.50. The molecule has 0 saturated carbocycles. The van der Waals surface area contributed by atoms with Crippen molar-refractivity contribution in [2.24, 2.45) is 5.10 Å². The number of nitrogens with one attached hydrogen (secondary N) is 1. The Labute approximate surface area is 181 Å². The fourth-order valence-electron chi connectivity index (χ4n) is 4.02. The SMILES string of the molecule is c1ccc(C[n+]2c(-c3ccccc3)csc2N/N=C2\CCCc3ccccc32)cc1. The number of thiazole rings is 1. The van der Waals surface area contributed by atoms with Gasteiger partial charge in [-0.1, -0.05) is 101 Å². The van der Waals surface area contributed by atoms with E-state index < -0.39 is 0 Å². The molecule has 4 heteroatoms. The Hall–Kier alpha value is -3.24. The third-order valence-electron chi connectivity index (χ3n) is 5.55. The molecule has 0 radical (unpaired) electrons. The van der Waals surface area contributed by atoms with Crippen LogP contribution in [0.4, 0.5) is 5.13 Å². The van der Waals surface area contributed by atoms with Crippen LogP contribution in [-0.4, -0.2) is 5.71 Å². The molecule has 3 aromatic carbocycles. The van der Waals surface area contributed by atoms with Crippen LogP contribution in [0.1, 0.15) is 29.5 Å². The van der Waals surface area contributed by atoms with E-state index in [4.69, 9.17) is 5.10 Å². The number of hydrazone groups is 1. The zero-order valence-corrected chi connectivity index (χ0v) is 17.6. The predicted octanol–water partition coefficient (Wildman–Crippen LogP) is 5.90. The first-order valence-corrected chi connectivity index (χ1v) is 11.3. The fourth-order valence-corrected chi connectivity index (χ4v) is 4.90. The van der Waals surface area contributed by atoms with E-state index in [9.17, 15) is 0 Å². The van der Waals surface area contributed by atoms with Crippen molar-refractivity contribution in [3.05, 3.63) is 107 Å². The number of rotatable bonds is 5.